The van der Waals surface area contributed by atoms with Crippen molar-refractivity contribution in [3.8, 4) is 0 Å². The smallest absolute Gasteiger partial charge is 0.131 e. The number of thiocarbonyl (C=S) groups is 1. The van der Waals surface area contributed by atoms with Gasteiger partial charge in [-0.3, -0.25) is 5.41 Å². The van der Waals surface area contributed by atoms with Gasteiger partial charge in [-0.05, 0) is 23.8 Å². The van der Waals surface area contributed by atoms with E-state index in [-0.39, 0.29) is 0 Å². The van der Waals surface area contributed by atoms with E-state index < -0.39 is 0 Å². The van der Waals surface area contributed by atoms with E-state index in [1.165, 1.54) is 11.3 Å². The molecule has 1 aromatic carbocycles. The van der Waals surface area contributed by atoms with Gasteiger partial charge in [0.15, 0.2) is 0 Å². The highest BCUT2D eigenvalue weighted by Crippen LogP contribution is 2.25. The van der Waals surface area contributed by atoms with Crippen LogP contribution in [0.1, 0.15) is 12.0 Å². The Bertz CT molecular complexity index is 675. The summed E-state index contributed by atoms with van der Waals surface area (Å²) in [4.78, 5) is 3.07. The van der Waals surface area contributed by atoms with Crippen LogP contribution in [0, 0.1) is 5.41 Å². The Morgan fingerprint density at radius 3 is 3.09 bits per heavy atom. The molecule has 0 unspecified atom stereocenters. The SMILES string of the molecule is CN1CCNCc2cc(NC(=N)C3=CC=CCC3=S)ccc21. The Hall–Kier alpha value is -1.98. The standard InChI is InChI=1S/C17H20N4S/c1-21-9-8-19-11-12-10-13(6-7-15(12)21)20-17(18)14-4-2-3-5-16(14)22/h2-4,6-7,10,19H,5,8-9,11H2,1H3,(H2,18,20). The summed E-state index contributed by atoms with van der Waals surface area (Å²) in [5.74, 6) is 0.365. The summed E-state index contributed by atoms with van der Waals surface area (Å²) >= 11 is 5.33. The average Bonchev–Trinajstić information content (AvgIpc) is 2.69. The van der Waals surface area contributed by atoms with Crippen LogP contribution in [0.3, 0.4) is 0 Å². The molecule has 0 radical (unpaired) electrons. The number of amidine groups is 1. The van der Waals surface area contributed by atoms with Crippen molar-refractivity contribution in [1.82, 2.24) is 5.32 Å². The highest BCUT2D eigenvalue weighted by molar-refractivity contribution is 7.81. The molecule has 2 aliphatic rings. The molecule has 0 spiro atoms. The first-order valence-electron chi connectivity index (χ1n) is 7.46. The summed E-state index contributed by atoms with van der Waals surface area (Å²) in [7, 11) is 2.11. The first-order valence-corrected chi connectivity index (χ1v) is 7.87. The monoisotopic (exact) mass is 312 g/mol. The fourth-order valence-corrected chi connectivity index (χ4v) is 3.01. The Labute approximate surface area is 136 Å². The molecule has 3 N–H and O–H groups in total. The van der Waals surface area contributed by atoms with Crippen LogP contribution in [0.5, 0.6) is 0 Å². The van der Waals surface area contributed by atoms with E-state index >= 15 is 0 Å². The maximum atomic E-state index is 8.25. The molecule has 0 amide bonds. The number of allylic oxidation sites excluding steroid dienone is 3. The average molecular weight is 312 g/mol. The molecule has 0 atom stereocenters. The van der Waals surface area contributed by atoms with Gasteiger partial charge in [0.2, 0.25) is 0 Å². The van der Waals surface area contributed by atoms with Gasteiger partial charge in [0.1, 0.15) is 5.84 Å². The van der Waals surface area contributed by atoms with Crippen LogP contribution < -0.4 is 15.5 Å². The van der Waals surface area contributed by atoms with Gasteiger partial charge in [0, 0.05) is 54.9 Å². The molecule has 0 fully saturated rings. The van der Waals surface area contributed by atoms with E-state index in [1.807, 2.05) is 24.3 Å². The number of hydrogen-bond acceptors (Lipinski definition) is 4. The molecule has 0 saturated carbocycles. The van der Waals surface area contributed by atoms with Crippen molar-refractivity contribution in [2.24, 2.45) is 0 Å². The van der Waals surface area contributed by atoms with Crippen molar-refractivity contribution in [2.75, 3.05) is 30.4 Å². The predicted octanol–water partition coefficient (Wildman–Crippen LogP) is 2.87. The molecular weight excluding hydrogens is 292 g/mol. The second kappa shape index (κ2) is 6.42. The van der Waals surface area contributed by atoms with Gasteiger partial charge in [-0.1, -0.05) is 30.4 Å². The largest absolute Gasteiger partial charge is 0.373 e. The number of fused-ring (bicyclic) bond motifs is 1. The highest BCUT2D eigenvalue weighted by Gasteiger charge is 2.15. The van der Waals surface area contributed by atoms with E-state index in [0.29, 0.717) is 5.84 Å². The van der Waals surface area contributed by atoms with Crippen molar-refractivity contribution in [2.45, 2.75) is 13.0 Å². The molecular formula is C17H20N4S. The van der Waals surface area contributed by atoms with Crippen molar-refractivity contribution in [3.05, 3.63) is 47.6 Å². The van der Waals surface area contributed by atoms with Crippen LogP contribution >= 0.6 is 12.2 Å². The summed E-state index contributed by atoms with van der Waals surface area (Å²) < 4.78 is 0. The zero-order valence-corrected chi connectivity index (χ0v) is 13.5. The minimum absolute atomic E-state index is 0.365. The molecule has 1 aromatic rings. The third-order valence-corrected chi connectivity index (χ3v) is 4.36. The Kier molecular flexibility index (Phi) is 4.36. The maximum absolute atomic E-state index is 8.25. The molecule has 5 heteroatoms. The van der Waals surface area contributed by atoms with Gasteiger partial charge in [0.25, 0.3) is 0 Å². The van der Waals surface area contributed by atoms with Crippen molar-refractivity contribution in [3.63, 3.8) is 0 Å². The fraction of sp³-hybridized carbons (Fsp3) is 0.294. The van der Waals surface area contributed by atoms with E-state index in [9.17, 15) is 0 Å². The summed E-state index contributed by atoms with van der Waals surface area (Å²) in [6, 6.07) is 6.25. The van der Waals surface area contributed by atoms with E-state index in [4.69, 9.17) is 17.6 Å². The Morgan fingerprint density at radius 2 is 2.27 bits per heavy atom. The van der Waals surface area contributed by atoms with E-state index in [2.05, 4.69) is 34.7 Å². The summed E-state index contributed by atoms with van der Waals surface area (Å²) in [6.45, 7) is 2.84. The number of likely N-dealkylation sites (N-methyl/N-ethyl adjacent to an activating group) is 1. The molecule has 3 rings (SSSR count). The lowest BCUT2D eigenvalue weighted by molar-refractivity contribution is 0.707. The van der Waals surface area contributed by atoms with Crippen LogP contribution in [-0.2, 0) is 6.54 Å². The zero-order valence-electron chi connectivity index (χ0n) is 12.6. The number of rotatable bonds is 2. The van der Waals surface area contributed by atoms with Crippen molar-refractivity contribution in [1.29, 1.82) is 5.41 Å². The normalized spacial score (nSPS) is 17.6. The van der Waals surface area contributed by atoms with Crippen LogP contribution in [0.25, 0.3) is 0 Å². The van der Waals surface area contributed by atoms with Crippen LogP contribution in [0.4, 0.5) is 11.4 Å². The number of hydrogen-bond donors (Lipinski definition) is 3. The second-order valence-electron chi connectivity index (χ2n) is 5.58. The molecule has 1 aliphatic heterocycles. The van der Waals surface area contributed by atoms with E-state index in [1.54, 1.807) is 0 Å². The zero-order chi connectivity index (χ0) is 15.5. The van der Waals surface area contributed by atoms with Crippen LogP contribution in [0.15, 0.2) is 42.0 Å². The number of nitrogens with zero attached hydrogens (tertiary/aromatic N) is 1. The summed E-state index contributed by atoms with van der Waals surface area (Å²) in [6.07, 6.45) is 6.62. The minimum Gasteiger partial charge on any atom is -0.373 e. The van der Waals surface area contributed by atoms with Gasteiger partial charge in [-0.2, -0.15) is 0 Å². The first-order chi connectivity index (χ1) is 10.6. The molecule has 0 bridgehead atoms. The second-order valence-corrected chi connectivity index (χ2v) is 6.07. The molecule has 114 valence electrons. The Balaban J connectivity index is 1.80. The van der Waals surface area contributed by atoms with Crippen LogP contribution in [-0.4, -0.2) is 30.8 Å². The lowest BCUT2D eigenvalue weighted by Gasteiger charge is -2.20. The number of anilines is 2. The molecule has 4 nitrogen and oxygen atoms in total. The lowest BCUT2D eigenvalue weighted by atomic mass is 10.0. The van der Waals surface area contributed by atoms with Gasteiger partial charge in [-0.25, -0.2) is 0 Å². The van der Waals surface area contributed by atoms with E-state index in [0.717, 1.165) is 42.2 Å². The topological polar surface area (TPSA) is 51.1 Å². The third-order valence-electron chi connectivity index (χ3n) is 3.97. The molecule has 22 heavy (non-hydrogen) atoms. The highest BCUT2D eigenvalue weighted by atomic mass is 32.1. The third kappa shape index (κ3) is 3.10. The van der Waals surface area contributed by atoms with Gasteiger partial charge < -0.3 is 15.5 Å². The minimum atomic E-state index is 0.365. The number of benzene rings is 1. The number of nitrogens with one attached hydrogen (secondary N) is 3. The van der Waals surface area contributed by atoms with Gasteiger partial charge in [-0.15, -0.1) is 0 Å². The predicted molar refractivity (Wildman–Crippen MR) is 97.2 cm³/mol. The molecule has 0 aromatic heterocycles. The lowest BCUT2D eigenvalue weighted by Crippen LogP contribution is -2.24. The fourth-order valence-electron chi connectivity index (χ4n) is 2.74. The first kappa shape index (κ1) is 14.9. The van der Waals surface area contributed by atoms with Gasteiger partial charge >= 0.3 is 0 Å². The van der Waals surface area contributed by atoms with Crippen molar-refractivity contribution < 1.29 is 0 Å². The van der Waals surface area contributed by atoms with Crippen molar-refractivity contribution >= 4 is 34.3 Å². The maximum Gasteiger partial charge on any atom is 0.131 e. The summed E-state index contributed by atoms with van der Waals surface area (Å²) in [5, 5.41) is 14.8. The summed E-state index contributed by atoms with van der Waals surface area (Å²) in [5.41, 5.74) is 4.23. The molecule has 1 heterocycles. The molecule has 0 saturated heterocycles. The van der Waals surface area contributed by atoms with Crippen LogP contribution in [0.2, 0.25) is 0 Å². The Morgan fingerprint density at radius 1 is 1.41 bits per heavy atom. The quantitative estimate of drug-likeness (QED) is 0.446. The van der Waals surface area contributed by atoms with Gasteiger partial charge in [0.05, 0.1) is 0 Å². The molecule has 1 aliphatic carbocycles.